The molecule has 0 aliphatic carbocycles. The Bertz CT molecular complexity index is 812. The van der Waals surface area contributed by atoms with E-state index >= 15 is 0 Å². The molecular weight excluding hydrogens is 340 g/mol. The lowest BCUT2D eigenvalue weighted by atomic mass is 10.1. The summed E-state index contributed by atoms with van der Waals surface area (Å²) in [6.07, 6.45) is 5.29. The van der Waals surface area contributed by atoms with Crippen LogP contribution in [0.25, 0.3) is 10.9 Å². The van der Waals surface area contributed by atoms with Gasteiger partial charge in [-0.3, -0.25) is 4.79 Å². The molecule has 5 nitrogen and oxygen atoms in total. The first-order chi connectivity index (χ1) is 11.8. The van der Waals surface area contributed by atoms with Crippen LogP contribution in [0.1, 0.15) is 31.7 Å². The quantitative estimate of drug-likeness (QED) is 0.581. The summed E-state index contributed by atoms with van der Waals surface area (Å²) in [6.45, 7) is 2.12. The van der Waals surface area contributed by atoms with Gasteiger partial charge < -0.3 is 10.3 Å². The van der Waals surface area contributed by atoms with Crippen LogP contribution in [0.2, 0.25) is 0 Å². The number of rotatable bonds is 8. The van der Waals surface area contributed by atoms with Gasteiger partial charge in [-0.1, -0.05) is 36.9 Å². The van der Waals surface area contributed by atoms with Crippen molar-refractivity contribution in [3.05, 3.63) is 36.0 Å². The van der Waals surface area contributed by atoms with Crippen molar-refractivity contribution in [2.45, 2.75) is 37.8 Å². The Labute approximate surface area is 149 Å². The van der Waals surface area contributed by atoms with Gasteiger partial charge in [0, 0.05) is 40.8 Å². The third-order valence-electron chi connectivity index (χ3n) is 3.61. The molecule has 0 bridgehead atoms. The van der Waals surface area contributed by atoms with Crippen molar-refractivity contribution in [1.82, 2.24) is 14.3 Å². The van der Waals surface area contributed by atoms with E-state index in [9.17, 15) is 4.79 Å². The van der Waals surface area contributed by atoms with Crippen molar-refractivity contribution in [3.63, 3.8) is 0 Å². The second-order valence-corrected chi connectivity index (χ2v) is 7.31. The van der Waals surface area contributed by atoms with E-state index in [0.29, 0.717) is 11.6 Å². The number of nitrogens with zero attached hydrogens (tertiary/aromatic N) is 2. The number of aromatic nitrogens is 3. The van der Waals surface area contributed by atoms with Crippen LogP contribution in [-0.4, -0.2) is 26.0 Å². The van der Waals surface area contributed by atoms with Crippen molar-refractivity contribution in [1.29, 1.82) is 0 Å². The van der Waals surface area contributed by atoms with Gasteiger partial charge in [0.25, 0.3) is 0 Å². The molecule has 3 rings (SSSR count). The number of hydrogen-bond acceptors (Lipinski definition) is 5. The monoisotopic (exact) mass is 360 g/mol. The van der Waals surface area contributed by atoms with E-state index in [4.69, 9.17) is 0 Å². The second-order valence-electron chi connectivity index (χ2n) is 5.49. The van der Waals surface area contributed by atoms with Gasteiger partial charge in [0.2, 0.25) is 16.2 Å². The number of benzene rings is 1. The minimum Gasteiger partial charge on any atom is -0.361 e. The number of thioether (sulfide) groups is 1. The summed E-state index contributed by atoms with van der Waals surface area (Å²) in [4.78, 5) is 19.6. The zero-order chi connectivity index (χ0) is 16.8. The lowest BCUT2D eigenvalue weighted by molar-refractivity contribution is -0.116. The van der Waals surface area contributed by atoms with Gasteiger partial charge in [0.05, 0.1) is 0 Å². The number of nitrogens with one attached hydrogen (secondary N) is 2. The van der Waals surface area contributed by atoms with E-state index in [2.05, 4.69) is 38.7 Å². The molecule has 1 amide bonds. The van der Waals surface area contributed by atoms with Crippen LogP contribution in [0.15, 0.2) is 35.6 Å². The normalized spacial score (nSPS) is 11.0. The molecule has 0 atom stereocenters. The molecule has 126 valence electrons. The van der Waals surface area contributed by atoms with Gasteiger partial charge in [-0.15, -0.1) is 0 Å². The van der Waals surface area contributed by atoms with E-state index in [1.54, 1.807) is 11.8 Å². The molecule has 3 aromatic rings. The van der Waals surface area contributed by atoms with Crippen LogP contribution in [0.3, 0.4) is 0 Å². The molecule has 0 aliphatic heterocycles. The van der Waals surface area contributed by atoms with Crippen LogP contribution < -0.4 is 5.32 Å². The van der Waals surface area contributed by atoms with E-state index in [1.165, 1.54) is 22.5 Å². The Morgan fingerprint density at radius 2 is 2.25 bits per heavy atom. The number of aryl methyl sites for hydroxylation is 1. The Balaban J connectivity index is 1.46. The zero-order valence-corrected chi connectivity index (χ0v) is 15.2. The third kappa shape index (κ3) is 4.36. The molecule has 0 spiro atoms. The highest BCUT2D eigenvalue weighted by Gasteiger charge is 2.09. The minimum atomic E-state index is -0.00182. The largest absolute Gasteiger partial charge is 0.361 e. The van der Waals surface area contributed by atoms with Crippen LogP contribution in [-0.2, 0) is 11.2 Å². The van der Waals surface area contributed by atoms with Gasteiger partial charge >= 0.3 is 0 Å². The fraction of sp³-hybridized carbons (Fsp3) is 0.353. The first kappa shape index (κ1) is 17.0. The van der Waals surface area contributed by atoms with Crippen molar-refractivity contribution in [3.8, 4) is 0 Å². The number of amides is 1. The van der Waals surface area contributed by atoms with Gasteiger partial charge in [-0.05, 0) is 30.9 Å². The first-order valence-electron chi connectivity index (χ1n) is 8.07. The standard InChI is InChI=1S/C17H20N4OS2/c1-2-10-23-17-20-16(24-21-17)19-15(22)9-5-6-12-11-18-14-8-4-3-7-13(12)14/h3-4,7-8,11,18H,2,5-6,9-10H2,1H3,(H,19,20,21,22). The highest BCUT2D eigenvalue weighted by Crippen LogP contribution is 2.22. The van der Waals surface area contributed by atoms with Crippen molar-refractivity contribution in [2.75, 3.05) is 11.1 Å². The maximum absolute atomic E-state index is 12.0. The average Bonchev–Trinajstić information content (AvgIpc) is 3.20. The Hall–Kier alpha value is -1.86. The number of hydrogen-bond donors (Lipinski definition) is 2. The summed E-state index contributed by atoms with van der Waals surface area (Å²) in [6, 6.07) is 8.23. The number of aromatic amines is 1. The third-order valence-corrected chi connectivity index (χ3v) is 5.41. The average molecular weight is 361 g/mol. The molecule has 0 saturated heterocycles. The van der Waals surface area contributed by atoms with Gasteiger partial charge in [-0.2, -0.15) is 9.36 Å². The fourth-order valence-electron chi connectivity index (χ4n) is 2.47. The molecule has 0 radical (unpaired) electrons. The molecule has 0 unspecified atom stereocenters. The number of anilines is 1. The molecule has 7 heteroatoms. The highest BCUT2D eigenvalue weighted by atomic mass is 32.2. The van der Waals surface area contributed by atoms with Crippen LogP contribution >= 0.6 is 23.3 Å². The maximum Gasteiger partial charge on any atom is 0.226 e. The number of H-pyrrole nitrogens is 1. The summed E-state index contributed by atoms with van der Waals surface area (Å²) in [5.74, 6) is 0.993. The van der Waals surface area contributed by atoms with E-state index < -0.39 is 0 Å². The number of carbonyl (C=O) groups excluding carboxylic acids is 1. The topological polar surface area (TPSA) is 70.7 Å². The number of para-hydroxylation sites is 1. The molecule has 0 saturated carbocycles. The number of carbonyl (C=O) groups is 1. The summed E-state index contributed by atoms with van der Waals surface area (Å²) < 4.78 is 4.24. The van der Waals surface area contributed by atoms with Gasteiger partial charge in [0.1, 0.15) is 0 Å². The van der Waals surface area contributed by atoms with E-state index in [1.807, 2.05) is 18.3 Å². The summed E-state index contributed by atoms with van der Waals surface area (Å²) in [7, 11) is 0. The van der Waals surface area contributed by atoms with E-state index in [0.717, 1.165) is 35.7 Å². The van der Waals surface area contributed by atoms with Crippen molar-refractivity contribution >= 4 is 45.2 Å². The Morgan fingerprint density at radius 3 is 3.12 bits per heavy atom. The molecule has 1 aromatic carbocycles. The molecule has 2 aromatic heterocycles. The predicted octanol–water partition coefficient (Wildman–Crippen LogP) is 4.48. The van der Waals surface area contributed by atoms with Gasteiger partial charge in [0.15, 0.2) is 0 Å². The molecule has 2 heterocycles. The van der Waals surface area contributed by atoms with Crippen LogP contribution in [0.4, 0.5) is 5.13 Å². The lowest BCUT2D eigenvalue weighted by Gasteiger charge is -2.01. The molecular formula is C17H20N4OS2. The highest BCUT2D eigenvalue weighted by molar-refractivity contribution is 7.99. The predicted molar refractivity (Wildman–Crippen MR) is 101 cm³/mol. The molecule has 24 heavy (non-hydrogen) atoms. The SMILES string of the molecule is CCCSc1nsc(NC(=O)CCCc2c[nH]c3ccccc23)n1. The van der Waals surface area contributed by atoms with Crippen molar-refractivity contribution in [2.24, 2.45) is 0 Å². The molecule has 0 fully saturated rings. The summed E-state index contributed by atoms with van der Waals surface area (Å²) >= 11 is 2.86. The fourth-order valence-corrected chi connectivity index (χ4v) is 3.89. The first-order valence-corrected chi connectivity index (χ1v) is 9.83. The van der Waals surface area contributed by atoms with Crippen LogP contribution in [0.5, 0.6) is 0 Å². The lowest BCUT2D eigenvalue weighted by Crippen LogP contribution is -2.11. The van der Waals surface area contributed by atoms with Gasteiger partial charge in [-0.25, -0.2) is 0 Å². The van der Waals surface area contributed by atoms with E-state index in [-0.39, 0.29) is 5.91 Å². The second kappa shape index (κ2) is 8.30. The maximum atomic E-state index is 12.0. The smallest absolute Gasteiger partial charge is 0.226 e. The number of fused-ring (bicyclic) bond motifs is 1. The summed E-state index contributed by atoms with van der Waals surface area (Å²) in [5, 5.41) is 5.41. The summed E-state index contributed by atoms with van der Waals surface area (Å²) in [5.41, 5.74) is 2.40. The molecule has 2 N–H and O–H groups in total. The van der Waals surface area contributed by atoms with Crippen molar-refractivity contribution < 1.29 is 4.79 Å². The molecule has 0 aliphatic rings. The van der Waals surface area contributed by atoms with Crippen LogP contribution in [0, 0.1) is 0 Å². The Kier molecular flexibility index (Phi) is 5.87. The zero-order valence-electron chi connectivity index (χ0n) is 13.5. The Morgan fingerprint density at radius 1 is 1.38 bits per heavy atom. The minimum absolute atomic E-state index is 0.00182.